The molecule has 0 atom stereocenters. The molecular formula is C24H25BrO4. The van der Waals surface area contributed by atoms with E-state index in [1.165, 1.54) is 6.08 Å². The number of ether oxygens (including phenoxy) is 2. The van der Waals surface area contributed by atoms with Gasteiger partial charge in [0.15, 0.2) is 5.78 Å². The first-order valence-corrected chi connectivity index (χ1v) is 9.95. The number of allylic oxidation sites excluding steroid dienone is 1. The van der Waals surface area contributed by atoms with Crippen LogP contribution in [0.25, 0.3) is 6.08 Å². The standard InChI is InChI=1S/C24H25BrO4/c1-15-13-18(7-12-21(26)19-8-10-20(25)11-9-19)14-16(2)22(15)28-17(3)23(27)29-24(4,5)6/h7-14H,3H2,1-2,4-6H3/b12-7+. The van der Waals surface area contributed by atoms with Gasteiger partial charge in [-0.15, -0.1) is 0 Å². The van der Waals surface area contributed by atoms with Gasteiger partial charge in [-0.2, -0.15) is 0 Å². The van der Waals surface area contributed by atoms with Crippen LogP contribution in [-0.2, 0) is 9.53 Å². The Hall–Kier alpha value is -2.66. The zero-order chi connectivity index (χ0) is 21.8. The van der Waals surface area contributed by atoms with E-state index in [0.717, 1.165) is 21.2 Å². The Morgan fingerprint density at radius 2 is 1.59 bits per heavy atom. The van der Waals surface area contributed by atoms with Crippen LogP contribution in [0.3, 0.4) is 0 Å². The fraction of sp³-hybridized carbons (Fsp3) is 0.250. The van der Waals surface area contributed by atoms with Crippen LogP contribution in [-0.4, -0.2) is 17.4 Å². The van der Waals surface area contributed by atoms with Crippen LogP contribution in [0.1, 0.15) is 47.8 Å². The summed E-state index contributed by atoms with van der Waals surface area (Å²) in [6.07, 6.45) is 3.30. The van der Waals surface area contributed by atoms with Gasteiger partial charge in [-0.25, -0.2) is 4.79 Å². The summed E-state index contributed by atoms with van der Waals surface area (Å²) < 4.78 is 11.9. The third-order valence-corrected chi connectivity index (χ3v) is 4.42. The zero-order valence-electron chi connectivity index (χ0n) is 17.3. The molecule has 4 nitrogen and oxygen atoms in total. The first-order valence-electron chi connectivity index (χ1n) is 9.15. The summed E-state index contributed by atoms with van der Waals surface area (Å²) in [5, 5.41) is 0. The summed E-state index contributed by atoms with van der Waals surface area (Å²) in [7, 11) is 0. The summed E-state index contributed by atoms with van der Waals surface area (Å²) in [6.45, 7) is 12.8. The molecule has 0 aromatic heterocycles. The van der Waals surface area contributed by atoms with E-state index in [1.807, 2.05) is 38.1 Å². The van der Waals surface area contributed by atoms with Gasteiger partial charge in [-0.3, -0.25) is 4.79 Å². The summed E-state index contributed by atoms with van der Waals surface area (Å²) in [5.41, 5.74) is 2.51. The minimum atomic E-state index is -0.622. The Kier molecular flexibility index (Phi) is 7.20. The predicted octanol–water partition coefficient (Wildman–Crippen LogP) is 6.20. The summed E-state index contributed by atoms with van der Waals surface area (Å²) in [4.78, 5) is 24.4. The highest BCUT2D eigenvalue weighted by molar-refractivity contribution is 9.10. The molecule has 0 radical (unpaired) electrons. The van der Waals surface area contributed by atoms with Gasteiger partial charge in [-0.05, 0) is 100 Å². The van der Waals surface area contributed by atoms with Crippen molar-refractivity contribution < 1.29 is 19.1 Å². The number of rotatable bonds is 6. The van der Waals surface area contributed by atoms with Crippen LogP contribution >= 0.6 is 15.9 Å². The largest absolute Gasteiger partial charge is 0.454 e. The molecule has 152 valence electrons. The Morgan fingerprint density at radius 3 is 2.10 bits per heavy atom. The molecule has 0 fully saturated rings. The number of hydrogen-bond acceptors (Lipinski definition) is 4. The van der Waals surface area contributed by atoms with E-state index in [-0.39, 0.29) is 11.5 Å². The molecule has 5 heteroatoms. The smallest absolute Gasteiger partial charge is 0.374 e. The summed E-state index contributed by atoms with van der Waals surface area (Å²) >= 11 is 3.36. The SMILES string of the molecule is C=C(Oc1c(C)cc(/C=C/C(=O)c2ccc(Br)cc2)cc1C)C(=O)OC(C)(C)C. The molecule has 0 saturated heterocycles. The second kappa shape index (κ2) is 9.23. The van der Waals surface area contributed by atoms with Crippen molar-refractivity contribution in [3.63, 3.8) is 0 Å². The number of carbonyl (C=O) groups is 2. The minimum absolute atomic E-state index is 0.0696. The maximum atomic E-state index is 12.3. The molecular weight excluding hydrogens is 432 g/mol. The van der Waals surface area contributed by atoms with Crippen molar-refractivity contribution in [1.29, 1.82) is 0 Å². The maximum absolute atomic E-state index is 12.3. The lowest BCUT2D eigenvalue weighted by atomic mass is 10.0. The quantitative estimate of drug-likeness (QED) is 0.225. The molecule has 0 aliphatic carbocycles. The topological polar surface area (TPSA) is 52.6 Å². The second-order valence-corrected chi connectivity index (χ2v) is 8.63. The highest BCUT2D eigenvalue weighted by atomic mass is 79.9. The van der Waals surface area contributed by atoms with Crippen LogP contribution in [0.2, 0.25) is 0 Å². The van der Waals surface area contributed by atoms with Crippen LogP contribution in [0.5, 0.6) is 5.75 Å². The zero-order valence-corrected chi connectivity index (χ0v) is 18.9. The predicted molar refractivity (Wildman–Crippen MR) is 119 cm³/mol. The van der Waals surface area contributed by atoms with E-state index in [0.29, 0.717) is 11.3 Å². The van der Waals surface area contributed by atoms with E-state index in [9.17, 15) is 9.59 Å². The Labute approximate surface area is 180 Å². The Bertz CT molecular complexity index is 940. The Morgan fingerprint density at radius 1 is 1.03 bits per heavy atom. The third-order valence-electron chi connectivity index (χ3n) is 3.89. The first kappa shape index (κ1) is 22.6. The molecule has 0 spiro atoms. The van der Waals surface area contributed by atoms with Gasteiger partial charge in [-0.1, -0.05) is 22.0 Å². The fourth-order valence-corrected chi connectivity index (χ4v) is 2.89. The van der Waals surface area contributed by atoms with Crippen molar-refractivity contribution in [3.05, 3.63) is 81.5 Å². The molecule has 2 aromatic rings. The van der Waals surface area contributed by atoms with Gasteiger partial charge >= 0.3 is 5.97 Å². The lowest BCUT2D eigenvalue weighted by molar-refractivity contribution is -0.152. The lowest BCUT2D eigenvalue weighted by Crippen LogP contribution is -2.26. The van der Waals surface area contributed by atoms with Gasteiger partial charge in [0.1, 0.15) is 11.4 Å². The van der Waals surface area contributed by atoms with E-state index < -0.39 is 11.6 Å². The highest BCUT2D eigenvalue weighted by Crippen LogP contribution is 2.27. The van der Waals surface area contributed by atoms with Crippen LogP contribution in [0.4, 0.5) is 0 Å². The lowest BCUT2D eigenvalue weighted by Gasteiger charge is -2.21. The van der Waals surface area contributed by atoms with Gasteiger partial charge in [0.2, 0.25) is 5.76 Å². The Balaban J connectivity index is 2.14. The molecule has 0 aliphatic rings. The molecule has 0 heterocycles. The first-order chi connectivity index (χ1) is 13.5. The van der Waals surface area contributed by atoms with Crippen molar-refractivity contribution in [2.45, 2.75) is 40.2 Å². The van der Waals surface area contributed by atoms with Gasteiger partial charge in [0, 0.05) is 10.0 Å². The molecule has 2 aromatic carbocycles. The maximum Gasteiger partial charge on any atom is 0.374 e. The number of esters is 1. The summed E-state index contributed by atoms with van der Waals surface area (Å²) in [5.74, 6) is -0.191. The van der Waals surface area contributed by atoms with Crippen molar-refractivity contribution in [2.24, 2.45) is 0 Å². The molecule has 0 bridgehead atoms. The number of hydrogen-bond donors (Lipinski definition) is 0. The average Bonchev–Trinajstić information content (AvgIpc) is 2.61. The molecule has 0 amide bonds. The molecule has 29 heavy (non-hydrogen) atoms. The number of halogens is 1. The molecule has 0 saturated carbocycles. The van der Waals surface area contributed by atoms with Crippen LogP contribution in [0, 0.1) is 13.8 Å². The van der Waals surface area contributed by atoms with Crippen molar-refractivity contribution in [1.82, 2.24) is 0 Å². The van der Waals surface area contributed by atoms with Crippen LogP contribution < -0.4 is 4.74 Å². The van der Waals surface area contributed by atoms with Crippen molar-refractivity contribution in [2.75, 3.05) is 0 Å². The molecule has 2 rings (SSSR count). The highest BCUT2D eigenvalue weighted by Gasteiger charge is 2.21. The van der Waals surface area contributed by atoms with E-state index in [2.05, 4.69) is 22.5 Å². The number of carbonyl (C=O) groups excluding carboxylic acids is 2. The fourth-order valence-electron chi connectivity index (χ4n) is 2.62. The van der Waals surface area contributed by atoms with Gasteiger partial charge in [0.25, 0.3) is 0 Å². The van der Waals surface area contributed by atoms with Gasteiger partial charge < -0.3 is 9.47 Å². The number of aryl methyl sites for hydroxylation is 2. The number of ketones is 1. The molecule has 0 unspecified atom stereocenters. The second-order valence-electron chi connectivity index (χ2n) is 7.72. The monoisotopic (exact) mass is 456 g/mol. The van der Waals surface area contributed by atoms with E-state index in [1.54, 1.807) is 39.0 Å². The van der Waals surface area contributed by atoms with E-state index >= 15 is 0 Å². The van der Waals surface area contributed by atoms with Gasteiger partial charge in [0.05, 0.1) is 0 Å². The van der Waals surface area contributed by atoms with Crippen LogP contribution in [0.15, 0.2) is 59.3 Å². The third kappa shape index (κ3) is 6.71. The number of benzene rings is 2. The average molecular weight is 457 g/mol. The molecule has 0 N–H and O–H groups in total. The van der Waals surface area contributed by atoms with E-state index in [4.69, 9.17) is 9.47 Å². The van der Waals surface area contributed by atoms with Crippen molar-refractivity contribution in [3.8, 4) is 5.75 Å². The normalized spacial score (nSPS) is 11.4. The minimum Gasteiger partial charge on any atom is -0.454 e. The summed E-state index contributed by atoms with van der Waals surface area (Å²) in [6, 6.07) is 11.0. The van der Waals surface area contributed by atoms with Crippen molar-refractivity contribution >= 4 is 33.8 Å². The molecule has 0 aliphatic heterocycles.